The van der Waals surface area contributed by atoms with Crippen LogP contribution in [0.5, 0.6) is 86.2 Å². The first-order chi connectivity index (χ1) is 73.2. The Balaban J connectivity index is 0.000000147. The summed E-state index contributed by atoms with van der Waals surface area (Å²) in [6.07, 6.45) is -30.9. The van der Waals surface area contributed by atoms with Gasteiger partial charge in [-0.2, -0.15) is 0 Å². The Kier molecular flexibility index (Phi) is 20.9. The van der Waals surface area contributed by atoms with E-state index in [0.717, 1.165) is 12.1 Å². The molecule has 12 heterocycles. The largest absolute Gasteiger partial charge is 0.525 e. The Bertz CT molecular complexity index is 6680. The first-order valence-electron chi connectivity index (χ1n) is 51.8. The van der Waals surface area contributed by atoms with Gasteiger partial charge < -0.3 is 172 Å². The number of phosphoric ester groups is 3. The van der Waals surface area contributed by atoms with Crippen LogP contribution in [0.4, 0.5) is 0 Å². The molecule has 15 aliphatic rings. The summed E-state index contributed by atoms with van der Waals surface area (Å²) < 4.78 is 364. The topological polar surface area (TPSA) is 622 Å². The van der Waals surface area contributed by atoms with E-state index in [2.05, 4.69) is 4.52 Å². The van der Waals surface area contributed by atoms with Crippen molar-refractivity contribution >= 4 is 41.4 Å². The number of benzene rings is 6. The van der Waals surface area contributed by atoms with Crippen LogP contribution in [0.3, 0.4) is 0 Å². The zero-order valence-corrected chi connectivity index (χ0v) is 74.8. The van der Waals surface area contributed by atoms with E-state index in [9.17, 15) is 90.8 Å². The standard InChI is InChI=1S/3C29H33O16P/c3*1-11-38-9-20-27(42-11)23(30)24(31)29(43-20)44-25-14-7-17-16(40-10-41-17)6-13(14)21(22-15(25)8-39-28(22)32)12-4-18(36-2)26(19(5-12)37-3)45-46(33,34)35/h3*4-7,11,15,20-25,27,29-31H,8-10H2,1-3H3,(H2,33,34,35)/t3*11-,15+,20-,21-,22+,23-,24-,25-,27-,29+/m111/s1/i2D3,3D3,8D2,10D2,21D;9D2,10D2,21D;9D2,10D2. The molecule has 0 unspecified atom stereocenters. The molecular weight excluding hydrogens is 1910 g/mol. The predicted molar refractivity (Wildman–Crippen MR) is 448 cm³/mol. The van der Waals surface area contributed by atoms with Crippen molar-refractivity contribution in [2.45, 2.75) is 168 Å². The van der Waals surface area contributed by atoms with Crippen molar-refractivity contribution in [3.63, 3.8) is 0 Å². The van der Waals surface area contributed by atoms with Gasteiger partial charge in [0.1, 0.15) is 81.5 Å². The van der Waals surface area contributed by atoms with Crippen molar-refractivity contribution in [1.82, 2.24) is 0 Å². The van der Waals surface area contributed by atoms with Crippen molar-refractivity contribution in [3.8, 4) is 86.2 Å². The Morgan fingerprint density at radius 3 is 1.04 bits per heavy atom. The Hall–Kier alpha value is -9.54. The molecule has 51 heteroatoms. The zero-order valence-electron chi connectivity index (χ0n) is 92.1. The van der Waals surface area contributed by atoms with Crippen LogP contribution in [-0.4, -0.2) is 291 Å². The SMILES string of the molecule is [2H]C([2H])([2H])Oc1cc([C@]2([2H])c3cc4c(cc3[C@@H](O[C@@H]3O[C@@H]5CO[C@@H](C)O[C@H]5[C@H](O)[C@H]3O)[C@@H]3[C@@H]2C(=O)OC3([2H])[2H])OC([2H])([2H])O4)cc(OC([2H])([2H])[2H])c1OP(=O)(O)O.[2H]C1([2H])Oc2cc3c(cc2O1)[C@@H](O[C@@H]1O[C@H]2[C@@H](O[C@H](C)OC2([2H])[2H])[C@H](O)[C@H]1O)[C@H]1COC(=O)[C@@H]1[C@@H]3c1cc(OC)c(OP(=O)(O)O)c(OC)c1.[2H]C1([2H])Oc2cc3c(cc2O1)[C@@]([2H])(c1cc(OC)c(OP(=O)(O)O)c(OC)c1)[C@H]1C(=O)OC[C@@H]1[C@@H]3O[C@@H]1O[C@H]2[C@@H](O[C@H](C)OC2([2H])[2H])[C@H](O)[C@H]1O. The quantitative estimate of drug-likeness (QED) is 0.0279. The highest BCUT2D eigenvalue weighted by molar-refractivity contribution is 7.47. The van der Waals surface area contributed by atoms with Gasteiger partial charge in [-0.05, 0) is 144 Å². The van der Waals surface area contributed by atoms with Gasteiger partial charge in [0.2, 0.25) is 37.5 Å². The van der Waals surface area contributed by atoms with E-state index in [0.29, 0.717) is 28.8 Å². The lowest BCUT2D eigenvalue weighted by Crippen LogP contribution is -2.63. The molecule has 12 aliphatic heterocycles. The van der Waals surface area contributed by atoms with E-state index >= 15 is 0 Å². The fourth-order valence-corrected chi connectivity index (χ4v) is 20.4. The second kappa shape index (κ2) is 38.4. The molecule has 0 spiro atoms. The van der Waals surface area contributed by atoms with Gasteiger partial charge in [0.15, 0.2) is 107 Å². The molecule has 12 N–H and O–H groups in total. The summed E-state index contributed by atoms with van der Waals surface area (Å²) in [5.74, 6) is -23.4. The number of esters is 3. The summed E-state index contributed by atoms with van der Waals surface area (Å²) >= 11 is 0. The van der Waals surface area contributed by atoms with Gasteiger partial charge in [0, 0.05) is 38.2 Å². The third kappa shape index (κ3) is 18.3. The molecule has 3 aliphatic carbocycles. The lowest BCUT2D eigenvalue weighted by molar-refractivity contribution is -0.364. The molecule has 0 aromatic heterocycles. The van der Waals surface area contributed by atoms with E-state index in [1.54, 1.807) is 6.92 Å². The molecule has 750 valence electrons. The molecular formula is C87H99O48P3. The fraction of sp³-hybridized carbons (Fsp3) is 0.552. The molecule has 48 nitrogen and oxygen atoms in total. The minimum absolute atomic E-state index is 0.0161. The summed E-state index contributed by atoms with van der Waals surface area (Å²) in [6, 6.07) is 14.1. The predicted octanol–water partition coefficient (Wildman–Crippen LogP) is 3.31. The summed E-state index contributed by atoms with van der Waals surface area (Å²) in [7, 11) is -17.9. The lowest BCUT2D eigenvalue weighted by Gasteiger charge is -2.47. The number of aliphatic hydroxyl groups excluding tert-OH is 6. The minimum Gasteiger partial charge on any atom is -0.493 e. The highest BCUT2D eigenvalue weighted by Gasteiger charge is 2.62. The number of fused-ring (bicyclic) bond motifs is 12. The maximum absolute atomic E-state index is 13.9. The normalized spacial score (nSPS) is 40.2. The molecule has 9 saturated heterocycles. The second-order valence-electron chi connectivity index (χ2n) is 33.0. The molecule has 6 aromatic carbocycles. The average Bonchev–Trinajstić information content (AvgIpc) is 1.49. The molecule has 0 saturated carbocycles. The van der Waals surface area contributed by atoms with Crippen LogP contribution >= 0.6 is 23.5 Å². The second-order valence-corrected chi connectivity index (χ2v) is 36.5. The van der Waals surface area contributed by atoms with Crippen LogP contribution in [0.15, 0.2) is 72.8 Å². The van der Waals surface area contributed by atoms with Crippen molar-refractivity contribution in [2.75, 3.05) is 102 Å². The van der Waals surface area contributed by atoms with Crippen LogP contribution in [0.2, 0.25) is 0 Å². The van der Waals surface area contributed by atoms with E-state index in [1.165, 1.54) is 90.8 Å². The molecule has 0 radical (unpaired) electrons. The van der Waals surface area contributed by atoms with Crippen LogP contribution in [0, 0.1) is 35.5 Å². The van der Waals surface area contributed by atoms with Crippen molar-refractivity contribution in [2.24, 2.45) is 35.5 Å². The Morgan fingerprint density at radius 1 is 0.348 bits per heavy atom. The van der Waals surface area contributed by atoms with Crippen LogP contribution in [-0.2, 0) is 99.1 Å². The van der Waals surface area contributed by atoms with E-state index < -0.39 is 318 Å². The monoisotopic (exact) mass is 2020 g/mol. The number of methoxy groups -OCH3 is 6. The Labute approximate surface area is 810 Å². The zero-order chi connectivity index (χ0) is 115. The third-order valence-corrected chi connectivity index (χ3v) is 26.2. The lowest BCUT2D eigenvalue weighted by atomic mass is 9.66. The van der Waals surface area contributed by atoms with E-state index in [4.69, 9.17) is 162 Å². The molecule has 0 amide bonds. The first kappa shape index (κ1) is 75.3. The first-order valence-corrected chi connectivity index (χ1v) is 46.4. The average molecular weight is 2030 g/mol. The number of cyclic esters (lactones) is 3. The van der Waals surface area contributed by atoms with E-state index in [1.807, 2.05) is 0 Å². The van der Waals surface area contributed by atoms with Crippen molar-refractivity contribution < 1.29 is 257 Å². The molecule has 30 atom stereocenters. The fourth-order valence-electron chi connectivity index (χ4n) is 19.1. The molecule has 0 bridgehead atoms. The number of carbonyl (C=O) groups excluding carboxylic acids is 3. The number of phosphoric acid groups is 3. The van der Waals surface area contributed by atoms with Gasteiger partial charge in [-0.15, -0.1) is 0 Å². The van der Waals surface area contributed by atoms with Crippen LogP contribution in [0.25, 0.3) is 0 Å². The van der Waals surface area contributed by atoms with Gasteiger partial charge in [-0.25, -0.2) is 13.7 Å². The summed E-state index contributed by atoms with van der Waals surface area (Å²) in [5, 5.41) is 66.6. The van der Waals surface area contributed by atoms with E-state index in [-0.39, 0.29) is 99.6 Å². The molecule has 21 rings (SSSR count). The van der Waals surface area contributed by atoms with Gasteiger partial charge in [-0.1, -0.05) is 0 Å². The number of ether oxygens (including phenoxy) is 27. The molecule has 138 heavy (non-hydrogen) atoms. The summed E-state index contributed by atoms with van der Waals surface area (Å²) in [5.41, 5.74) is -0.247. The minimum atomic E-state index is -5.65. The maximum atomic E-state index is 13.9. The van der Waals surface area contributed by atoms with Gasteiger partial charge >= 0.3 is 41.4 Å². The van der Waals surface area contributed by atoms with Crippen molar-refractivity contribution in [3.05, 3.63) is 123 Å². The highest BCUT2D eigenvalue weighted by atomic mass is 31.2. The van der Waals surface area contributed by atoms with Gasteiger partial charge in [-0.3, -0.25) is 43.7 Å². The van der Waals surface area contributed by atoms with Crippen LogP contribution < -0.4 is 70.4 Å². The maximum Gasteiger partial charge on any atom is 0.525 e. The smallest absolute Gasteiger partial charge is 0.493 e. The number of hydrogen-bond acceptors (Lipinski definition) is 42. The highest BCUT2D eigenvalue weighted by Crippen LogP contribution is 2.64. The van der Waals surface area contributed by atoms with Crippen molar-refractivity contribution in [1.29, 1.82) is 0 Å². The summed E-state index contributed by atoms with van der Waals surface area (Å²) in [4.78, 5) is 98.6. The van der Waals surface area contributed by atoms with Crippen LogP contribution in [0.1, 0.15) is 134 Å². The molecule has 6 aromatic rings. The third-order valence-electron chi connectivity index (χ3n) is 25.0. The Morgan fingerprint density at radius 2 is 0.659 bits per heavy atom. The number of carbonyl (C=O) groups is 3. The number of rotatable bonds is 21. The summed E-state index contributed by atoms with van der Waals surface area (Å²) in [6.45, 7) is -12.3. The number of aliphatic hydroxyl groups is 6. The van der Waals surface area contributed by atoms with Gasteiger partial charge in [0.05, 0.1) is 135 Å². The number of hydrogen-bond donors (Lipinski definition) is 12. The molecule has 9 fully saturated rings. The van der Waals surface area contributed by atoms with Gasteiger partial charge in [0.25, 0.3) is 0 Å².